The first-order chi connectivity index (χ1) is 20.8. The lowest BCUT2D eigenvalue weighted by Crippen LogP contribution is -2.06. The summed E-state index contributed by atoms with van der Waals surface area (Å²) in [5, 5.41) is 0. The number of rotatable bonds is 8. The van der Waals surface area contributed by atoms with Gasteiger partial charge in [0.15, 0.2) is 11.5 Å². The molecule has 0 fully saturated rings. The van der Waals surface area contributed by atoms with E-state index in [0.29, 0.717) is 44.5 Å². The number of hydrogen-bond acceptors (Lipinski definition) is 4. The van der Waals surface area contributed by atoms with Crippen LogP contribution in [0.2, 0.25) is 0 Å². The fourth-order valence-electron chi connectivity index (χ4n) is 5.57. The summed E-state index contributed by atoms with van der Waals surface area (Å²) in [4.78, 5) is 41.3. The Morgan fingerprint density at radius 2 is 0.659 bits per heavy atom. The predicted octanol–water partition coefficient (Wildman–Crippen LogP) is 8.53. The van der Waals surface area contributed by atoms with Crippen LogP contribution in [0, 0.1) is 27.7 Å². The standard InChI is InChI=1S/C34H32O8P2/c1-21-13-5-9-17-25(21)29-30(26-18-10-6-14-22(26)2)33(41-43(35,36)37)32(28-20-12-8-16-24(28)4)34(42-44(38,39)40)31(29)27-19-11-7-15-23(27)3/h5-20H,1-4H3,(H2,35,36,37)(H2,38,39,40). The Morgan fingerprint density at radius 1 is 0.409 bits per heavy atom. The average molecular weight is 631 g/mol. The van der Waals surface area contributed by atoms with Gasteiger partial charge in [-0.25, -0.2) is 9.13 Å². The highest BCUT2D eigenvalue weighted by Gasteiger charge is 2.36. The van der Waals surface area contributed by atoms with E-state index in [1.54, 1.807) is 31.2 Å². The van der Waals surface area contributed by atoms with E-state index in [-0.39, 0.29) is 17.1 Å². The third-order valence-corrected chi connectivity index (χ3v) is 8.33. The van der Waals surface area contributed by atoms with Gasteiger partial charge in [-0.1, -0.05) is 97.1 Å². The van der Waals surface area contributed by atoms with Crippen LogP contribution in [-0.2, 0) is 9.13 Å². The number of phosphoric ester groups is 2. The fourth-order valence-corrected chi connectivity index (χ4v) is 6.41. The van der Waals surface area contributed by atoms with Crippen molar-refractivity contribution in [2.75, 3.05) is 0 Å². The summed E-state index contributed by atoms with van der Waals surface area (Å²) in [6.07, 6.45) is 0. The first-order valence-corrected chi connectivity index (χ1v) is 16.8. The van der Waals surface area contributed by atoms with Crippen LogP contribution in [0.4, 0.5) is 0 Å². The molecule has 0 aromatic heterocycles. The molecule has 0 radical (unpaired) electrons. The first kappa shape index (κ1) is 31.4. The Kier molecular flexibility index (Phi) is 8.70. The molecule has 5 rings (SSSR count). The van der Waals surface area contributed by atoms with Crippen molar-refractivity contribution in [3.8, 4) is 56.0 Å². The maximum Gasteiger partial charge on any atom is 0.524 e. The molecular formula is C34H32O8P2. The molecule has 5 aromatic rings. The lowest BCUT2D eigenvalue weighted by Gasteiger charge is -2.29. The summed E-state index contributed by atoms with van der Waals surface area (Å²) in [7, 11) is -10.5. The second-order valence-corrected chi connectivity index (χ2v) is 12.9. The zero-order chi connectivity index (χ0) is 31.8. The largest absolute Gasteiger partial charge is 0.524 e. The van der Waals surface area contributed by atoms with Gasteiger partial charge in [0.2, 0.25) is 0 Å². The zero-order valence-corrected chi connectivity index (χ0v) is 26.3. The smallest absolute Gasteiger partial charge is 0.403 e. The SMILES string of the molecule is Cc1ccccc1-c1c(OP(=O)(O)O)c(-c2ccccc2C)c(-c2ccccc2C)c(-c2ccccc2C)c1OP(=O)(O)O. The van der Waals surface area contributed by atoms with Crippen molar-refractivity contribution in [2.24, 2.45) is 0 Å². The van der Waals surface area contributed by atoms with Gasteiger partial charge >= 0.3 is 15.6 Å². The van der Waals surface area contributed by atoms with E-state index < -0.39 is 15.6 Å². The zero-order valence-electron chi connectivity index (χ0n) is 24.6. The summed E-state index contributed by atoms with van der Waals surface area (Å²) in [6.45, 7) is 7.42. The Morgan fingerprint density at radius 3 is 0.932 bits per heavy atom. The van der Waals surface area contributed by atoms with E-state index in [1.165, 1.54) is 0 Å². The molecule has 0 unspecified atom stereocenters. The number of phosphoric acid groups is 2. The second kappa shape index (κ2) is 12.2. The van der Waals surface area contributed by atoms with Crippen LogP contribution in [0.25, 0.3) is 44.5 Å². The van der Waals surface area contributed by atoms with Crippen molar-refractivity contribution in [3.05, 3.63) is 119 Å². The highest BCUT2D eigenvalue weighted by atomic mass is 31.2. The van der Waals surface area contributed by atoms with Crippen LogP contribution in [0.3, 0.4) is 0 Å². The molecule has 0 saturated heterocycles. The number of hydrogen-bond donors (Lipinski definition) is 4. The Bertz CT molecular complexity index is 1880. The van der Waals surface area contributed by atoms with E-state index in [0.717, 1.165) is 16.7 Å². The molecular weight excluding hydrogens is 598 g/mol. The van der Waals surface area contributed by atoms with Crippen molar-refractivity contribution in [2.45, 2.75) is 27.7 Å². The van der Waals surface area contributed by atoms with Gasteiger partial charge in [0.25, 0.3) is 0 Å². The third-order valence-electron chi connectivity index (χ3n) is 7.49. The second-order valence-electron chi connectivity index (χ2n) is 10.6. The number of benzene rings is 5. The van der Waals surface area contributed by atoms with Crippen LogP contribution < -0.4 is 9.05 Å². The minimum Gasteiger partial charge on any atom is -0.403 e. The van der Waals surface area contributed by atoms with Gasteiger partial charge in [-0.15, -0.1) is 0 Å². The molecule has 0 atom stereocenters. The van der Waals surface area contributed by atoms with Crippen molar-refractivity contribution >= 4 is 15.6 Å². The molecule has 0 bridgehead atoms. The van der Waals surface area contributed by atoms with Crippen LogP contribution >= 0.6 is 15.6 Å². The molecule has 0 aliphatic rings. The lowest BCUT2D eigenvalue weighted by atomic mass is 9.80. The molecule has 0 amide bonds. The fraction of sp³-hybridized carbons (Fsp3) is 0.118. The molecule has 0 saturated carbocycles. The molecule has 5 aromatic carbocycles. The maximum absolute atomic E-state index is 12.7. The van der Waals surface area contributed by atoms with Crippen molar-refractivity contribution in [1.29, 1.82) is 0 Å². The van der Waals surface area contributed by atoms with Gasteiger partial charge in [-0.3, -0.25) is 19.6 Å². The van der Waals surface area contributed by atoms with Crippen LogP contribution in [0.1, 0.15) is 22.3 Å². The van der Waals surface area contributed by atoms with Gasteiger partial charge in [0, 0.05) is 16.7 Å². The van der Waals surface area contributed by atoms with E-state index in [1.807, 2.05) is 93.6 Å². The summed E-state index contributed by atoms with van der Waals surface area (Å²) < 4.78 is 36.7. The van der Waals surface area contributed by atoms with Gasteiger partial charge in [0.1, 0.15) is 0 Å². The summed E-state index contributed by atoms with van der Waals surface area (Å²) in [6, 6.07) is 29.2. The van der Waals surface area contributed by atoms with Crippen LogP contribution in [0.5, 0.6) is 11.5 Å². The van der Waals surface area contributed by atoms with Crippen molar-refractivity contribution in [1.82, 2.24) is 0 Å². The monoisotopic (exact) mass is 630 g/mol. The van der Waals surface area contributed by atoms with E-state index in [9.17, 15) is 28.7 Å². The number of aryl methyl sites for hydroxylation is 4. The van der Waals surface area contributed by atoms with Gasteiger partial charge in [-0.2, -0.15) is 0 Å². The van der Waals surface area contributed by atoms with Crippen LogP contribution in [-0.4, -0.2) is 19.6 Å². The lowest BCUT2D eigenvalue weighted by molar-refractivity contribution is 0.281. The topological polar surface area (TPSA) is 134 Å². The van der Waals surface area contributed by atoms with Crippen molar-refractivity contribution < 1.29 is 37.8 Å². The van der Waals surface area contributed by atoms with E-state index >= 15 is 0 Å². The predicted molar refractivity (Wildman–Crippen MR) is 172 cm³/mol. The molecule has 226 valence electrons. The Labute approximate surface area is 256 Å². The van der Waals surface area contributed by atoms with E-state index in [2.05, 4.69) is 0 Å². The molecule has 0 aliphatic heterocycles. The first-order valence-electron chi connectivity index (χ1n) is 13.7. The van der Waals surface area contributed by atoms with Gasteiger partial charge in [-0.05, 0) is 72.2 Å². The van der Waals surface area contributed by atoms with Gasteiger partial charge in [0.05, 0.1) is 5.56 Å². The molecule has 0 aliphatic carbocycles. The van der Waals surface area contributed by atoms with Gasteiger partial charge < -0.3 is 9.05 Å². The Balaban J connectivity index is 2.21. The summed E-state index contributed by atoms with van der Waals surface area (Å²) in [5.74, 6) is -0.526. The average Bonchev–Trinajstić information content (AvgIpc) is 2.94. The summed E-state index contributed by atoms with van der Waals surface area (Å²) >= 11 is 0. The summed E-state index contributed by atoms with van der Waals surface area (Å²) in [5.41, 5.74) is 6.47. The molecule has 0 heterocycles. The molecule has 8 nitrogen and oxygen atoms in total. The quantitative estimate of drug-likeness (QED) is 0.125. The molecule has 44 heavy (non-hydrogen) atoms. The van der Waals surface area contributed by atoms with Crippen molar-refractivity contribution in [3.63, 3.8) is 0 Å². The molecule has 4 N–H and O–H groups in total. The third kappa shape index (κ3) is 6.42. The molecule has 10 heteroatoms. The molecule has 0 spiro atoms. The highest BCUT2D eigenvalue weighted by molar-refractivity contribution is 7.47. The minimum atomic E-state index is -5.25. The minimum absolute atomic E-state index is 0.00332. The Hall–Kier alpha value is -4.00. The normalized spacial score (nSPS) is 11.8. The van der Waals surface area contributed by atoms with Crippen LogP contribution in [0.15, 0.2) is 97.1 Å². The van der Waals surface area contributed by atoms with E-state index in [4.69, 9.17) is 9.05 Å². The highest BCUT2D eigenvalue weighted by Crippen LogP contribution is 2.62. The maximum atomic E-state index is 12.7.